The molecule has 0 bridgehead atoms. The number of methoxy groups -OCH3 is 1. The fraction of sp³-hybridized carbons (Fsp3) is 0.364. The van der Waals surface area contributed by atoms with Gasteiger partial charge in [0.15, 0.2) is 23.4 Å². The summed E-state index contributed by atoms with van der Waals surface area (Å²) in [6.45, 7) is 2.98. The van der Waals surface area contributed by atoms with Gasteiger partial charge >= 0.3 is 0 Å². The largest absolute Gasteiger partial charge is 0.493 e. The van der Waals surface area contributed by atoms with Crippen molar-refractivity contribution in [2.75, 3.05) is 20.2 Å². The van der Waals surface area contributed by atoms with E-state index in [0.717, 1.165) is 35.4 Å². The first kappa shape index (κ1) is 20.6. The molecule has 4 rings (SSSR count). The average Bonchev–Trinajstić information content (AvgIpc) is 3.39. The average molecular weight is 425 g/mol. The van der Waals surface area contributed by atoms with E-state index in [1.165, 1.54) is 0 Å². The summed E-state index contributed by atoms with van der Waals surface area (Å²) in [6, 6.07) is 11.7. The molecule has 2 heterocycles. The van der Waals surface area contributed by atoms with Crippen LogP contribution in [0.1, 0.15) is 23.1 Å². The summed E-state index contributed by atoms with van der Waals surface area (Å²) in [6.07, 6.45) is 0.889. The van der Waals surface area contributed by atoms with Crippen molar-refractivity contribution in [3.05, 3.63) is 53.1 Å². The monoisotopic (exact) mass is 424 g/mol. The highest BCUT2D eigenvalue weighted by Crippen LogP contribution is 2.35. The third-order valence-electron chi connectivity index (χ3n) is 5.66. The number of ether oxygens (including phenoxy) is 3. The Morgan fingerprint density at radius 3 is 2.23 bits per heavy atom. The summed E-state index contributed by atoms with van der Waals surface area (Å²) in [7, 11) is 1.62. The van der Waals surface area contributed by atoms with Crippen LogP contribution < -0.4 is 25.7 Å². The maximum Gasteiger partial charge on any atom is 0.188 e. The molecule has 0 saturated carbocycles. The van der Waals surface area contributed by atoms with Crippen molar-refractivity contribution in [1.29, 1.82) is 10.8 Å². The van der Waals surface area contributed by atoms with Crippen molar-refractivity contribution in [3.8, 4) is 17.2 Å². The second-order valence-electron chi connectivity index (χ2n) is 7.81. The van der Waals surface area contributed by atoms with Gasteiger partial charge in [-0.25, -0.2) is 0 Å². The van der Waals surface area contributed by atoms with Gasteiger partial charge in [0, 0.05) is 26.1 Å². The topological polar surface area (TPSA) is 134 Å². The molecule has 0 spiro atoms. The number of hydrogen-bond acceptors (Lipinski definition) is 5. The second-order valence-corrected chi connectivity index (χ2v) is 7.81. The van der Waals surface area contributed by atoms with Gasteiger partial charge in [0.1, 0.15) is 18.5 Å². The number of fused-ring (bicyclic) bond motifs is 1. The molecule has 0 aromatic heterocycles. The van der Waals surface area contributed by atoms with Crippen LogP contribution in [0.4, 0.5) is 0 Å². The zero-order chi connectivity index (χ0) is 22.0. The first-order valence-corrected chi connectivity index (χ1v) is 10.2. The molecule has 1 atom stereocenters. The van der Waals surface area contributed by atoms with E-state index in [2.05, 4.69) is 0 Å². The molecule has 0 radical (unpaired) electrons. The smallest absolute Gasteiger partial charge is 0.188 e. The highest BCUT2D eigenvalue weighted by Gasteiger charge is 2.25. The summed E-state index contributed by atoms with van der Waals surface area (Å²) in [4.78, 5) is 3.61. The van der Waals surface area contributed by atoms with E-state index in [9.17, 15) is 0 Å². The minimum atomic E-state index is 0.0382. The minimum absolute atomic E-state index is 0.0382. The predicted molar refractivity (Wildman–Crippen MR) is 117 cm³/mol. The zero-order valence-electron chi connectivity index (χ0n) is 17.6. The van der Waals surface area contributed by atoms with E-state index in [1.807, 2.05) is 41.3 Å². The number of nitrogens with zero attached hydrogens (tertiary/aromatic N) is 2. The fourth-order valence-electron chi connectivity index (χ4n) is 3.91. The van der Waals surface area contributed by atoms with Crippen molar-refractivity contribution in [2.45, 2.75) is 32.2 Å². The van der Waals surface area contributed by atoms with Gasteiger partial charge in [-0.2, -0.15) is 0 Å². The van der Waals surface area contributed by atoms with Crippen LogP contribution in [-0.4, -0.2) is 48.0 Å². The molecule has 2 aromatic rings. The molecule has 9 nitrogen and oxygen atoms in total. The highest BCUT2D eigenvalue weighted by atomic mass is 16.5. The third-order valence-corrected chi connectivity index (χ3v) is 5.66. The molecule has 0 aliphatic carbocycles. The maximum absolute atomic E-state index is 7.64. The Balaban J connectivity index is 1.36. The lowest BCUT2D eigenvalue weighted by Crippen LogP contribution is -2.35. The molecule has 1 fully saturated rings. The summed E-state index contributed by atoms with van der Waals surface area (Å²) in [5, 5.41) is 15.2. The molecule has 6 N–H and O–H groups in total. The van der Waals surface area contributed by atoms with Gasteiger partial charge in [0.05, 0.1) is 13.7 Å². The summed E-state index contributed by atoms with van der Waals surface area (Å²) in [5.41, 5.74) is 14.4. The Hall–Kier alpha value is -3.62. The van der Waals surface area contributed by atoms with Crippen molar-refractivity contribution in [1.82, 2.24) is 9.80 Å². The van der Waals surface area contributed by atoms with Crippen molar-refractivity contribution in [2.24, 2.45) is 11.5 Å². The highest BCUT2D eigenvalue weighted by molar-refractivity contribution is 5.75. The number of rotatable bonds is 6. The summed E-state index contributed by atoms with van der Waals surface area (Å²) in [5.74, 6) is 2.28. The predicted octanol–water partition coefficient (Wildman–Crippen LogP) is 1.83. The molecule has 2 aromatic carbocycles. The molecule has 2 aliphatic heterocycles. The summed E-state index contributed by atoms with van der Waals surface area (Å²) < 4.78 is 17.5. The van der Waals surface area contributed by atoms with Crippen LogP contribution in [0.15, 0.2) is 36.4 Å². The van der Waals surface area contributed by atoms with Crippen LogP contribution in [0.2, 0.25) is 0 Å². The molecular weight excluding hydrogens is 396 g/mol. The first-order valence-electron chi connectivity index (χ1n) is 10.2. The standard InChI is InChI=1S/C22H28N6O3/c1-29-19-8-15-10-28(22(25)26)11-16(15)9-20(19)30-13-14-2-4-17(5-3-14)31-18-6-7-27(12-18)21(23)24/h2-5,8-9,18H,6-7,10-13H2,1H3,(H3,23,24)(H3,25,26). The minimum Gasteiger partial charge on any atom is -0.493 e. The van der Waals surface area contributed by atoms with Gasteiger partial charge in [-0.1, -0.05) is 12.1 Å². The molecule has 1 saturated heterocycles. The van der Waals surface area contributed by atoms with Gasteiger partial charge in [-0.3, -0.25) is 10.8 Å². The maximum atomic E-state index is 7.64. The van der Waals surface area contributed by atoms with Gasteiger partial charge in [-0.05, 0) is 41.0 Å². The lowest BCUT2D eigenvalue weighted by Gasteiger charge is -2.17. The number of nitrogens with two attached hydrogens (primary N) is 2. The Bertz CT molecular complexity index is 978. The number of hydrogen-bond donors (Lipinski definition) is 4. The molecule has 9 heteroatoms. The number of likely N-dealkylation sites (tertiary alicyclic amines) is 1. The second kappa shape index (κ2) is 8.63. The van der Waals surface area contributed by atoms with Crippen LogP contribution >= 0.6 is 0 Å². The molecule has 164 valence electrons. The zero-order valence-corrected chi connectivity index (χ0v) is 17.6. The lowest BCUT2D eigenvalue weighted by atomic mass is 10.1. The number of nitrogens with one attached hydrogen (secondary N) is 2. The van der Waals surface area contributed by atoms with Crippen LogP contribution in [0, 0.1) is 10.8 Å². The summed E-state index contributed by atoms with van der Waals surface area (Å²) >= 11 is 0. The van der Waals surface area contributed by atoms with E-state index in [4.69, 9.17) is 36.5 Å². The van der Waals surface area contributed by atoms with Crippen molar-refractivity contribution in [3.63, 3.8) is 0 Å². The van der Waals surface area contributed by atoms with Gasteiger partial charge in [-0.15, -0.1) is 0 Å². The van der Waals surface area contributed by atoms with E-state index in [0.29, 0.717) is 37.7 Å². The Kier molecular flexibility index (Phi) is 5.75. The molecule has 2 aliphatic rings. The third kappa shape index (κ3) is 4.60. The fourth-order valence-corrected chi connectivity index (χ4v) is 3.91. The molecule has 1 unspecified atom stereocenters. The Morgan fingerprint density at radius 2 is 1.65 bits per heavy atom. The van der Waals surface area contributed by atoms with E-state index in [1.54, 1.807) is 12.0 Å². The van der Waals surface area contributed by atoms with Crippen LogP contribution in [0.5, 0.6) is 17.2 Å². The van der Waals surface area contributed by atoms with E-state index in [-0.39, 0.29) is 18.0 Å². The number of benzene rings is 2. The lowest BCUT2D eigenvalue weighted by molar-refractivity contribution is 0.214. The van der Waals surface area contributed by atoms with Crippen LogP contribution in [-0.2, 0) is 19.7 Å². The first-order chi connectivity index (χ1) is 14.9. The quantitative estimate of drug-likeness (QED) is 0.410. The normalized spacial score (nSPS) is 17.4. The van der Waals surface area contributed by atoms with Crippen LogP contribution in [0.25, 0.3) is 0 Å². The van der Waals surface area contributed by atoms with Gasteiger partial charge in [0.2, 0.25) is 0 Å². The van der Waals surface area contributed by atoms with Crippen molar-refractivity contribution >= 4 is 11.9 Å². The van der Waals surface area contributed by atoms with E-state index >= 15 is 0 Å². The molecular formula is C22H28N6O3. The van der Waals surface area contributed by atoms with Crippen LogP contribution in [0.3, 0.4) is 0 Å². The Labute approximate surface area is 181 Å². The SMILES string of the molecule is COc1cc2c(cc1OCc1ccc(OC3CCN(C(=N)N)C3)cc1)CN(C(=N)N)C2. The van der Waals surface area contributed by atoms with E-state index < -0.39 is 0 Å². The molecule has 0 amide bonds. The number of guanidine groups is 2. The van der Waals surface area contributed by atoms with Gasteiger partial charge in [0.25, 0.3) is 0 Å². The molecule has 31 heavy (non-hydrogen) atoms. The van der Waals surface area contributed by atoms with Crippen molar-refractivity contribution < 1.29 is 14.2 Å². The van der Waals surface area contributed by atoms with Gasteiger partial charge < -0.3 is 35.5 Å². The Morgan fingerprint density at radius 1 is 1.00 bits per heavy atom.